The van der Waals surface area contributed by atoms with Gasteiger partial charge in [0.1, 0.15) is 0 Å². The van der Waals surface area contributed by atoms with Crippen molar-refractivity contribution in [3.63, 3.8) is 0 Å². The fourth-order valence-corrected chi connectivity index (χ4v) is 4.41. The van der Waals surface area contributed by atoms with Crippen molar-refractivity contribution < 1.29 is 9.90 Å². The topological polar surface area (TPSA) is 97.1 Å². The summed E-state index contributed by atoms with van der Waals surface area (Å²) >= 11 is 6.24. The first-order valence-corrected chi connectivity index (χ1v) is 10.7. The van der Waals surface area contributed by atoms with Crippen LogP contribution < -0.4 is 11.2 Å². The molecule has 0 bridgehead atoms. The van der Waals surface area contributed by atoms with E-state index >= 15 is 0 Å². The monoisotopic (exact) mass is 459 g/mol. The van der Waals surface area contributed by atoms with Crippen LogP contribution in [-0.4, -0.2) is 25.2 Å². The lowest BCUT2D eigenvalue weighted by Gasteiger charge is -2.10. The van der Waals surface area contributed by atoms with Crippen molar-refractivity contribution >= 4 is 39.4 Å². The Balaban J connectivity index is 1.83. The SMILES string of the molecule is O=C(O)c1c(-n2c(=O)[nH]c3ccccc3c2=O)c2cc(Cl)ccc2n1CCc1ccccc1. The third-order valence-corrected chi connectivity index (χ3v) is 5.93. The number of hydrogen-bond acceptors (Lipinski definition) is 3. The number of carboxylic acids is 1. The summed E-state index contributed by atoms with van der Waals surface area (Å²) < 4.78 is 2.51. The van der Waals surface area contributed by atoms with Crippen LogP contribution in [0.4, 0.5) is 0 Å². The van der Waals surface area contributed by atoms with E-state index in [1.165, 1.54) is 0 Å². The number of fused-ring (bicyclic) bond motifs is 2. The number of H-pyrrole nitrogens is 1. The first-order chi connectivity index (χ1) is 16.0. The van der Waals surface area contributed by atoms with Gasteiger partial charge in [0, 0.05) is 17.0 Å². The highest BCUT2D eigenvalue weighted by atomic mass is 35.5. The van der Waals surface area contributed by atoms with Crippen molar-refractivity contribution in [3.8, 4) is 5.69 Å². The standard InChI is InChI=1S/C25H18ClN3O4/c26-16-10-11-20-18(14-16)21(29-23(30)17-8-4-5-9-19(17)27-25(29)33)22(24(31)32)28(20)13-12-15-6-2-1-3-7-15/h1-11,14H,12-13H2,(H,27,33)(H,31,32). The fraction of sp³-hybridized carbons (Fsp3) is 0.0800. The molecule has 5 aromatic rings. The number of aromatic amines is 1. The average molecular weight is 460 g/mol. The number of carbonyl (C=O) groups is 1. The Labute approximate surface area is 192 Å². The molecule has 2 aromatic heterocycles. The Bertz CT molecular complexity index is 1650. The van der Waals surface area contributed by atoms with Gasteiger partial charge in [0.2, 0.25) is 0 Å². The maximum Gasteiger partial charge on any atom is 0.354 e. The summed E-state index contributed by atoms with van der Waals surface area (Å²) in [6, 6.07) is 21.2. The molecule has 0 aliphatic rings. The molecule has 0 aliphatic carbocycles. The molecule has 0 aliphatic heterocycles. The Kier molecular flexibility index (Phi) is 5.11. The number of aromatic carboxylic acids is 1. The largest absolute Gasteiger partial charge is 0.477 e. The minimum atomic E-state index is -1.25. The van der Waals surface area contributed by atoms with Crippen LogP contribution in [-0.2, 0) is 13.0 Å². The second-order valence-corrected chi connectivity index (χ2v) is 8.10. The number of aryl methyl sites for hydroxylation is 2. The van der Waals surface area contributed by atoms with Crippen molar-refractivity contribution in [2.75, 3.05) is 0 Å². The van der Waals surface area contributed by atoms with Crippen molar-refractivity contribution in [2.45, 2.75) is 13.0 Å². The van der Waals surface area contributed by atoms with Crippen LogP contribution in [0.25, 0.3) is 27.5 Å². The van der Waals surface area contributed by atoms with Gasteiger partial charge in [-0.05, 0) is 42.3 Å². The number of aromatic nitrogens is 3. The van der Waals surface area contributed by atoms with Crippen molar-refractivity contribution in [1.82, 2.24) is 14.1 Å². The Morgan fingerprint density at radius 3 is 2.42 bits per heavy atom. The summed E-state index contributed by atoms with van der Waals surface area (Å²) in [6.07, 6.45) is 0.565. The Morgan fingerprint density at radius 2 is 1.67 bits per heavy atom. The van der Waals surface area contributed by atoms with E-state index in [1.54, 1.807) is 47.0 Å². The predicted molar refractivity (Wildman–Crippen MR) is 128 cm³/mol. The lowest BCUT2D eigenvalue weighted by molar-refractivity contribution is 0.0685. The molecule has 2 heterocycles. The Morgan fingerprint density at radius 1 is 0.939 bits per heavy atom. The smallest absolute Gasteiger partial charge is 0.354 e. The van der Waals surface area contributed by atoms with Gasteiger partial charge in [0.25, 0.3) is 5.56 Å². The maximum absolute atomic E-state index is 13.3. The number of rotatable bonds is 5. The summed E-state index contributed by atoms with van der Waals surface area (Å²) in [5, 5.41) is 11.2. The van der Waals surface area contributed by atoms with E-state index in [0.717, 1.165) is 10.1 Å². The zero-order valence-corrected chi connectivity index (χ0v) is 18.0. The minimum absolute atomic E-state index is 0.00469. The van der Waals surface area contributed by atoms with E-state index in [-0.39, 0.29) is 16.8 Å². The third kappa shape index (κ3) is 3.52. The van der Waals surface area contributed by atoms with Gasteiger partial charge in [-0.2, -0.15) is 0 Å². The van der Waals surface area contributed by atoms with Gasteiger partial charge >= 0.3 is 11.7 Å². The number of nitrogens with zero attached hydrogens (tertiary/aromatic N) is 2. The number of halogens is 1. The van der Waals surface area contributed by atoms with Crippen molar-refractivity contribution in [3.05, 3.63) is 110 Å². The van der Waals surface area contributed by atoms with Crippen LogP contribution in [0.15, 0.2) is 82.4 Å². The lowest BCUT2D eigenvalue weighted by atomic mass is 10.1. The van der Waals surface area contributed by atoms with Crippen LogP contribution in [0, 0.1) is 0 Å². The van der Waals surface area contributed by atoms with E-state index in [9.17, 15) is 19.5 Å². The Hall–Kier alpha value is -4.10. The zero-order chi connectivity index (χ0) is 23.1. The van der Waals surface area contributed by atoms with Crippen LogP contribution in [0.5, 0.6) is 0 Å². The average Bonchev–Trinajstić information content (AvgIpc) is 3.12. The molecule has 0 unspecified atom stereocenters. The third-order valence-electron chi connectivity index (χ3n) is 5.70. The minimum Gasteiger partial charge on any atom is -0.477 e. The molecule has 3 aromatic carbocycles. The van der Waals surface area contributed by atoms with Crippen LogP contribution in [0.2, 0.25) is 5.02 Å². The van der Waals surface area contributed by atoms with Gasteiger partial charge in [0.05, 0.1) is 22.1 Å². The molecule has 0 saturated carbocycles. The van der Waals surface area contributed by atoms with Crippen molar-refractivity contribution in [2.24, 2.45) is 0 Å². The quantitative estimate of drug-likeness (QED) is 0.411. The van der Waals surface area contributed by atoms with E-state index in [4.69, 9.17) is 11.6 Å². The lowest BCUT2D eigenvalue weighted by Crippen LogP contribution is -2.34. The van der Waals surface area contributed by atoms with E-state index in [0.29, 0.717) is 34.4 Å². The van der Waals surface area contributed by atoms with Gasteiger partial charge in [-0.25, -0.2) is 14.2 Å². The van der Waals surface area contributed by atoms with E-state index < -0.39 is 17.2 Å². The molecule has 164 valence electrons. The number of benzene rings is 3. The first-order valence-electron chi connectivity index (χ1n) is 10.3. The summed E-state index contributed by atoms with van der Waals surface area (Å²) in [7, 11) is 0. The molecular formula is C25H18ClN3O4. The van der Waals surface area contributed by atoms with Gasteiger partial charge < -0.3 is 14.7 Å². The van der Waals surface area contributed by atoms with Gasteiger partial charge in [-0.3, -0.25) is 4.79 Å². The number of nitrogens with one attached hydrogen (secondary N) is 1. The summed E-state index contributed by atoms with van der Waals surface area (Å²) in [6.45, 7) is 0.337. The van der Waals surface area contributed by atoms with Gasteiger partial charge in [-0.1, -0.05) is 54.1 Å². The molecular weight excluding hydrogens is 442 g/mol. The number of para-hydroxylation sites is 1. The molecule has 7 nitrogen and oxygen atoms in total. The van der Waals surface area contributed by atoms with Crippen LogP contribution in [0.1, 0.15) is 16.1 Å². The number of hydrogen-bond donors (Lipinski definition) is 2. The van der Waals surface area contributed by atoms with E-state index in [1.807, 2.05) is 30.3 Å². The van der Waals surface area contributed by atoms with Crippen LogP contribution >= 0.6 is 11.6 Å². The molecule has 0 fully saturated rings. The summed E-state index contributed by atoms with van der Waals surface area (Å²) in [5.41, 5.74) is 0.527. The normalized spacial score (nSPS) is 11.3. The molecule has 8 heteroatoms. The zero-order valence-electron chi connectivity index (χ0n) is 17.3. The molecule has 0 saturated heterocycles. The highest BCUT2D eigenvalue weighted by Gasteiger charge is 2.26. The van der Waals surface area contributed by atoms with Gasteiger partial charge in [-0.15, -0.1) is 0 Å². The van der Waals surface area contributed by atoms with Gasteiger partial charge in [0.15, 0.2) is 5.69 Å². The molecule has 0 radical (unpaired) electrons. The van der Waals surface area contributed by atoms with Crippen molar-refractivity contribution in [1.29, 1.82) is 0 Å². The second kappa shape index (κ2) is 8.11. The first kappa shape index (κ1) is 20.8. The molecule has 5 rings (SSSR count). The van der Waals surface area contributed by atoms with Crippen LogP contribution in [0.3, 0.4) is 0 Å². The molecule has 0 atom stereocenters. The molecule has 2 N–H and O–H groups in total. The molecule has 0 spiro atoms. The highest BCUT2D eigenvalue weighted by molar-refractivity contribution is 6.31. The maximum atomic E-state index is 13.3. The fourth-order valence-electron chi connectivity index (χ4n) is 4.24. The highest BCUT2D eigenvalue weighted by Crippen LogP contribution is 2.31. The second-order valence-electron chi connectivity index (χ2n) is 7.67. The van der Waals surface area contributed by atoms with E-state index in [2.05, 4.69) is 4.98 Å². The summed E-state index contributed by atoms with van der Waals surface area (Å²) in [4.78, 5) is 41.5. The predicted octanol–water partition coefficient (Wildman–Crippen LogP) is 4.23. The summed E-state index contributed by atoms with van der Waals surface area (Å²) in [5.74, 6) is -1.25. The number of carboxylic acid groups (broad SMARTS) is 1. The molecule has 0 amide bonds. The molecule has 33 heavy (non-hydrogen) atoms.